The van der Waals surface area contributed by atoms with Crippen LogP contribution in [0.5, 0.6) is 0 Å². The Kier molecular flexibility index (Phi) is 3.50. The molecule has 21 heavy (non-hydrogen) atoms. The molecule has 0 amide bonds. The van der Waals surface area contributed by atoms with E-state index in [-0.39, 0.29) is 6.04 Å². The highest BCUT2D eigenvalue weighted by Crippen LogP contribution is 2.37. The van der Waals surface area contributed by atoms with Crippen LogP contribution in [-0.4, -0.2) is 30.8 Å². The van der Waals surface area contributed by atoms with E-state index in [1.165, 1.54) is 4.31 Å². The van der Waals surface area contributed by atoms with Crippen LogP contribution in [0, 0.1) is 12.8 Å². The molecule has 1 saturated carbocycles. The van der Waals surface area contributed by atoms with Gasteiger partial charge in [0.15, 0.2) is 0 Å². The van der Waals surface area contributed by atoms with E-state index in [0.717, 1.165) is 23.9 Å². The number of rotatable bonds is 4. The molecule has 4 nitrogen and oxygen atoms in total. The quantitative estimate of drug-likeness (QED) is 0.872. The first-order chi connectivity index (χ1) is 9.93. The average molecular weight is 304 g/mol. The summed E-state index contributed by atoms with van der Waals surface area (Å²) in [5.74, 6) is 0.500. The zero-order valence-corrected chi connectivity index (χ0v) is 13.4. The van der Waals surface area contributed by atoms with E-state index in [4.69, 9.17) is 0 Å². The lowest BCUT2D eigenvalue weighted by molar-refractivity contribution is 0.357. The van der Waals surface area contributed by atoms with E-state index < -0.39 is 10.0 Å². The van der Waals surface area contributed by atoms with Gasteiger partial charge in [-0.2, -0.15) is 4.31 Å². The highest BCUT2D eigenvalue weighted by Gasteiger charge is 2.36. The lowest BCUT2D eigenvalue weighted by Crippen LogP contribution is -2.36. The zero-order valence-electron chi connectivity index (χ0n) is 12.6. The second-order valence-electron chi connectivity index (χ2n) is 5.88. The van der Waals surface area contributed by atoms with Crippen molar-refractivity contribution in [3.8, 4) is 0 Å². The molecule has 1 aliphatic carbocycles. The van der Waals surface area contributed by atoms with Crippen LogP contribution in [0.4, 0.5) is 0 Å². The van der Waals surface area contributed by atoms with Crippen LogP contribution in [-0.2, 0) is 10.0 Å². The van der Waals surface area contributed by atoms with E-state index >= 15 is 0 Å². The zero-order chi connectivity index (χ0) is 15.2. The van der Waals surface area contributed by atoms with E-state index in [1.54, 1.807) is 25.4 Å². The molecule has 0 bridgehead atoms. The van der Waals surface area contributed by atoms with Crippen LogP contribution < -0.4 is 0 Å². The maximum Gasteiger partial charge on any atom is 0.243 e. The van der Waals surface area contributed by atoms with Crippen molar-refractivity contribution in [1.82, 2.24) is 9.29 Å². The molecule has 1 unspecified atom stereocenters. The Morgan fingerprint density at radius 2 is 2.00 bits per heavy atom. The molecule has 0 spiro atoms. The molecule has 1 aliphatic rings. The number of aromatic nitrogens is 1. The van der Waals surface area contributed by atoms with Crippen molar-refractivity contribution >= 4 is 20.9 Å². The van der Waals surface area contributed by atoms with Crippen molar-refractivity contribution in [3.05, 3.63) is 36.0 Å². The fraction of sp³-hybridized carbons (Fsp3) is 0.438. The molecule has 0 saturated heterocycles. The van der Waals surface area contributed by atoms with Gasteiger partial charge in [-0.3, -0.25) is 4.98 Å². The molecule has 0 radical (unpaired) electrons. The highest BCUT2D eigenvalue weighted by atomic mass is 32.2. The Balaban J connectivity index is 2.13. The van der Waals surface area contributed by atoms with Gasteiger partial charge in [0.2, 0.25) is 10.0 Å². The third-order valence-corrected chi connectivity index (χ3v) is 6.47. The second kappa shape index (κ2) is 5.07. The molecule has 1 aromatic carbocycles. The predicted octanol–water partition coefficient (Wildman–Crippen LogP) is 2.96. The lowest BCUT2D eigenvalue weighted by atomic mass is 10.1. The van der Waals surface area contributed by atoms with Crippen molar-refractivity contribution in [2.45, 2.75) is 37.6 Å². The fourth-order valence-corrected chi connectivity index (χ4v) is 4.37. The van der Waals surface area contributed by atoms with E-state index in [9.17, 15) is 8.42 Å². The molecular formula is C16H20N2O2S. The number of hydrogen-bond donors (Lipinski definition) is 0. The van der Waals surface area contributed by atoms with Gasteiger partial charge in [-0.05, 0) is 56.4 Å². The lowest BCUT2D eigenvalue weighted by Gasteiger charge is -2.25. The summed E-state index contributed by atoms with van der Waals surface area (Å²) in [5, 5.41) is 0.701. The van der Waals surface area contributed by atoms with Gasteiger partial charge in [-0.15, -0.1) is 0 Å². The van der Waals surface area contributed by atoms with Gasteiger partial charge in [-0.25, -0.2) is 8.42 Å². The molecule has 2 aromatic rings. The minimum Gasteiger partial charge on any atom is -0.256 e. The van der Waals surface area contributed by atoms with Crippen molar-refractivity contribution in [3.63, 3.8) is 0 Å². The summed E-state index contributed by atoms with van der Waals surface area (Å²) >= 11 is 0. The Morgan fingerprint density at radius 3 is 2.67 bits per heavy atom. The SMILES string of the molecule is Cc1ccc(S(=O)(=O)N(C)C(C)C2CC2)c2cccnc12. The molecular weight excluding hydrogens is 284 g/mol. The summed E-state index contributed by atoms with van der Waals surface area (Å²) in [6.45, 7) is 3.94. The van der Waals surface area contributed by atoms with Crippen molar-refractivity contribution in [2.24, 2.45) is 5.92 Å². The topological polar surface area (TPSA) is 50.3 Å². The Hall–Kier alpha value is -1.46. The molecule has 0 aliphatic heterocycles. The van der Waals surface area contributed by atoms with Crippen molar-refractivity contribution < 1.29 is 8.42 Å². The smallest absolute Gasteiger partial charge is 0.243 e. The maximum absolute atomic E-state index is 12.9. The van der Waals surface area contributed by atoms with Gasteiger partial charge in [0.05, 0.1) is 10.4 Å². The van der Waals surface area contributed by atoms with Gasteiger partial charge >= 0.3 is 0 Å². The van der Waals surface area contributed by atoms with Crippen LogP contribution in [0.2, 0.25) is 0 Å². The molecule has 112 valence electrons. The summed E-state index contributed by atoms with van der Waals surface area (Å²) in [4.78, 5) is 4.68. The number of aryl methyl sites for hydroxylation is 1. The highest BCUT2D eigenvalue weighted by molar-refractivity contribution is 7.89. The largest absolute Gasteiger partial charge is 0.256 e. The second-order valence-corrected chi connectivity index (χ2v) is 7.85. The molecule has 5 heteroatoms. The third kappa shape index (κ3) is 2.45. The Labute approximate surface area is 125 Å². The van der Waals surface area contributed by atoms with Gasteiger partial charge in [0.1, 0.15) is 0 Å². The van der Waals surface area contributed by atoms with Crippen LogP contribution >= 0.6 is 0 Å². The van der Waals surface area contributed by atoms with Crippen molar-refractivity contribution in [2.75, 3.05) is 7.05 Å². The van der Waals surface area contributed by atoms with Crippen LogP contribution in [0.15, 0.2) is 35.4 Å². The van der Waals surface area contributed by atoms with Gasteiger partial charge in [-0.1, -0.05) is 6.07 Å². The fourth-order valence-electron chi connectivity index (χ4n) is 2.76. The minimum atomic E-state index is -3.49. The summed E-state index contributed by atoms with van der Waals surface area (Å²) in [5.41, 5.74) is 1.74. The van der Waals surface area contributed by atoms with Crippen LogP contribution in [0.1, 0.15) is 25.3 Å². The normalized spacial score (nSPS) is 17.3. The summed E-state index contributed by atoms with van der Waals surface area (Å²) in [6, 6.07) is 7.19. The summed E-state index contributed by atoms with van der Waals surface area (Å²) in [7, 11) is -1.81. The van der Waals surface area contributed by atoms with Gasteiger partial charge in [0.25, 0.3) is 0 Å². The monoisotopic (exact) mass is 304 g/mol. The number of benzene rings is 1. The maximum atomic E-state index is 12.9. The van der Waals surface area contributed by atoms with E-state index in [2.05, 4.69) is 4.98 Å². The number of sulfonamides is 1. The molecule has 1 fully saturated rings. The van der Waals surface area contributed by atoms with Crippen molar-refractivity contribution in [1.29, 1.82) is 0 Å². The molecule has 0 N–H and O–H groups in total. The average Bonchev–Trinajstić information content (AvgIpc) is 3.30. The minimum absolute atomic E-state index is 0.0445. The number of pyridine rings is 1. The standard InChI is InChI=1S/C16H20N2O2S/c1-11-6-9-15(14-5-4-10-17-16(11)14)21(19,20)18(3)12(2)13-7-8-13/h4-6,9-10,12-13H,7-8H2,1-3H3. The molecule has 1 atom stereocenters. The molecule has 3 rings (SSSR count). The van der Waals surface area contributed by atoms with Crippen LogP contribution in [0.3, 0.4) is 0 Å². The Morgan fingerprint density at radius 1 is 1.29 bits per heavy atom. The number of hydrogen-bond acceptors (Lipinski definition) is 3. The first kappa shape index (κ1) is 14.5. The number of nitrogens with zero attached hydrogens (tertiary/aromatic N) is 2. The first-order valence-electron chi connectivity index (χ1n) is 7.25. The number of fused-ring (bicyclic) bond motifs is 1. The van der Waals surface area contributed by atoms with E-state index in [0.29, 0.717) is 16.2 Å². The predicted molar refractivity (Wildman–Crippen MR) is 83.6 cm³/mol. The molecule has 1 heterocycles. The summed E-state index contributed by atoms with van der Waals surface area (Å²) < 4.78 is 27.4. The van der Waals surface area contributed by atoms with Gasteiger partial charge < -0.3 is 0 Å². The van der Waals surface area contributed by atoms with E-state index in [1.807, 2.05) is 26.0 Å². The summed E-state index contributed by atoms with van der Waals surface area (Å²) in [6.07, 6.45) is 3.94. The van der Waals surface area contributed by atoms with Gasteiger partial charge in [0, 0.05) is 24.7 Å². The Bertz CT molecular complexity index is 782. The third-order valence-electron chi connectivity index (χ3n) is 4.47. The van der Waals surface area contributed by atoms with Crippen LogP contribution in [0.25, 0.3) is 10.9 Å². The molecule has 1 aromatic heterocycles. The first-order valence-corrected chi connectivity index (χ1v) is 8.69.